The monoisotopic (exact) mass is 386 g/mol. The second kappa shape index (κ2) is 8.58. The molecule has 2 aromatic carbocycles. The third-order valence-electron chi connectivity index (χ3n) is 5.01. The molecule has 0 bridgehead atoms. The maximum absolute atomic E-state index is 13.3. The fraction of sp³-hybridized carbons (Fsp3) is 0.381. The summed E-state index contributed by atoms with van der Waals surface area (Å²) in [6.45, 7) is 3.36. The van der Waals surface area contributed by atoms with Crippen molar-refractivity contribution in [1.29, 1.82) is 0 Å². The van der Waals surface area contributed by atoms with Crippen molar-refractivity contribution < 1.29 is 23.4 Å². The molecule has 1 N–H and O–H groups in total. The van der Waals surface area contributed by atoms with Gasteiger partial charge in [0.05, 0.1) is 19.3 Å². The summed E-state index contributed by atoms with van der Waals surface area (Å²) >= 11 is 0. The molecule has 2 heterocycles. The van der Waals surface area contributed by atoms with Crippen LogP contribution in [-0.2, 0) is 9.53 Å². The van der Waals surface area contributed by atoms with Crippen molar-refractivity contribution in [3.05, 3.63) is 59.9 Å². The topological polar surface area (TPSA) is 60.0 Å². The molecule has 0 aromatic heterocycles. The largest absolute Gasteiger partial charge is 0.485 e. The lowest BCUT2D eigenvalue weighted by molar-refractivity contribution is -0.130. The molecule has 2 atom stereocenters. The maximum Gasteiger partial charge on any atom is 0.264 e. The number of halogens is 1. The van der Waals surface area contributed by atoms with Gasteiger partial charge in [-0.25, -0.2) is 4.39 Å². The molecule has 7 heteroatoms. The fourth-order valence-electron chi connectivity index (χ4n) is 3.49. The van der Waals surface area contributed by atoms with E-state index in [0.717, 1.165) is 18.7 Å². The first kappa shape index (κ1) is 18.7. The van der Waals surface area contributed by atoms with Gasteiger partial charge in [-0.15, -0.1) is 0 Å². The van der Waals surface area contributed by atoms with Gasteiger partial charge in [0.15, 0.2) is 11.5 Å². The molecule has 28 heavy (non-hydrogen) atoms. The first-order valence-corrected chi connectivity index (χ1v) is 9.44. The molecule has 2 unspecified atom stereocenters. The molecule has 1 amide bonds. The van der Waals surface area contributed by atoms with Gasteiger partial charge in [-0.05, 0) is 29.8 Å². The number of fused-ring (bicyclic) bond motifs is 1. The number of benzene rings is 2. The molecule has 2 aromatic rings. The molecule has 4 rings (SSSR count). The van der Waals surface area contributed by atoms with Crippen molar-refractivity contribution in [2.75, 3.05) is 39.5 Å². The average Bonchev–Trinajstić information content (AvgIpc) is 2.75. The Morgan fingerprint density at radius 1 is 1.11 bits per heavy atom. The SMILES string of the molecule is O=C(NCC(c1ccc(F)cc1)N1CCOCC1)C1COc2ccccc2O1. The van der Waals surface area contributed by atoms with E-state index in [9.17, 15) is 9.18 Å². The van der Waals surface area contributed by atoms with Crippen LogP contribution in [0.2, 0.25) is 0 Å². The van der Waals surface area contributed by atoms with Gasteiger partial charge in [-0.1, -0.05) is 24.3 Å². The van der Waals surface area contributed by atoms with Gasteiger partial charge in [0.2, 0.25) is 6.10 Å². The standard InChI is InChI=1S/C21H23FN2O4/c22-16-7-5-15(6-8-16)17(24-9-11-26-12-10-24)13-23-21(25)20-14-27-18-3-1-2-4-19(18)28-20/h1-8,17,20H,9-14H2,(H,23,25). The van der Waals surface area contributed by atoms with Crippen LogP contribution in [0, 0.1) is 5.82 Å². The summed E-state index contributed by atoms with van der Waals surface area (Å²) in [5, 5.41) is 2.97. The quantitative estimate of drug-likeness (QED) is 0.853. The highest BCUT2D eigenvalue weighted by Gasteiger charge is 2.29. The van der Waals surface area contributed by atoms with E-state index in [1.807, 2.05) is 18.2 Å². The zero-order valence-electron chi connectivity index (χ0n) is 15.5. The molecule has 2 aliphatic rings. The van der Waals surface area contributed by atoms with Crippen LogP contribution >= 0.6 is 0 Å². The van der Waals surface area contributed by atoms with Gasteiger partial charge in [0.1, 0.15) is 12.4 Å². The van der Waals surface area contributed by atoms with E-state index in [2.05, 4.69) is 10.2 Å². The number of amides is 1. The smallest absolute Gasteiger partial charge is 0.264 e. The highest BCUT2D eigenvalue weighted by molar-refractivity contribution is 5.81. The van der Waals surface area contributed by atoms with Crippen molar-refractivity contribution in [3.63, 3.8) is 0 Å². The summed E-state index contributed by atoms with van der Waals surface area (Å²) in [5.74, 6) is 0.705. The predicted molar refractivity (Wildman–Crippen MR) is 101 cm³/mol. The van der Waals surface area contributed by atoms with Crippen LogP contribution in [-0.4, -0.2) is 56.4 Å². The van der Waals surface area contributed by atoms with E-state index in [1.165, 1.54) is 12.1 Å². The molecule has 0 aliphatic carbocycles. The fourth-order valence-corrected chi connectivity index (χ4v) is 3.49. The molecule has 0 radical (unpaired) electrons. The highest BCUT2D eigenvalue weighted by atomic mass is 19.1. The second-order valence-electron chi connectivity index (χ2n) is 6.83. The zero-order chi connectivity index (χ0) is 19.3. The summed E-state index contributed by atoms with van der Waals surface area (Å²) < 4.78 is 30.2. The van der Waals surface area contributed by atoms with Crippen LogP contribution in [0.4, 0.5) is 4.39 Å². The van der Waals surface area contributed by atoms with Crippen LogP contribution in [0.3, 0.4) is 0 Å². The Balaban J connectivity index is 1.42. The summed E-state index contributed by atoms with van der Waals surface area (Å²) in [7, 11) is 0. The third kappa shape index (κ3) is 4.26. The summed E-state index contributed by atoms with van der Waals surface area (Å²) in [4.78, 5) is 14.9. The number of nitrogens with one attached hydrogen (secondary N) is 1. The van der Waals surface area contributed by atoms with E-state index in [0.29, 0.717) is 31.3 Å². The molecule has 1 saturated heterocycles. The van der Waals surface area contributed by atoms with Crippen molar-refractivity contribution >= 4 is 5.91 Å². The molecule has 6 nitrogen and oxygen atoms in total. The Hall–Kier alpha value is -2.64. The predicted octanol–water partition coefficient (Wildman–Crippen LogP) is 2.16. The van der Waals surface area contributed by atoms with Crippen molar-refractivity contribution in [2.45, 2.75) is 12.1 Å². The number of ether oxygens (including phenoxy) is 3. The number of hydrogen-bond donors (Lipinski definition) is 1. The highest BCUT2D eigenvalue weighted by Crippen LogP contribution is 2.31. The van der Waals surface area contributed by atoms with Crippen LogP contribution < -0.4 is 14.8 Å². The number of morpholine rings is 1. The number of nitrogens with zero attached hydrogens (tertiary/aromatic N) is 1. The lowest BCUT2D eigenvalue weighted by Crippen LogP contribution is -2.48. The number of carbonyl (C=O) groups excluding carboxylic acids is 1. The molecule has 148 valence electrons. The van der Waals surface area contributed by atoms with Crippen molar-refractivity contribution in [3.8, 4) is 11.5 Å². The maximum atomic E-state index is 13.3. The summed E-state index contributed by atoms with van der Waals surface area (Å²) in [5.41, 5.74) is 0.953. The van der Waals surface area contributed by atoms with Crippen molar-refractivity contribution in [2.24, 2.45) is 0 Å². The van der Waals surface area contributed by atoms with Crippen molar-refractivity contribution in [1.82, 2.24) is 10.2 Å². The Morgan fingerprint density at radius 2 is 1.82 bits per heavy atom. The Bertz CT molecular complexity index is 808. The van der Waals surface area contributed by atoms with E-state index < -0.39 is 6.10 Å². The molecule has 1 fully saturated rings. The van der Waals surface area contributed by atoms with E-state index in [1.54, 1.807) is 18.2 Å². The Kier molecular flexibility index (Phi) is 5.73. The minimum Gasteiger partial charge on any atom is -0.485 e. The van der Waals surface area contributed by atoms with Crippen LogP contribution in [0.5, 0.6) is 11.5 Å². The first-order chi connectivity index (χ1) is 13.7. The lowest BCUT2D eigenvalue weighted by atomic mass is 10.0. The molecule has 2 aliphatic heterocycles. The van der Waals surface area contributed by atoms with Crippen LogP contribution in [0.15, 0.2) is 48.5 Å². The average molecular weight is 386 g/mol. The minimum atomic E-state index is -0.701. The number of rotatable bonds is 5. The Morgan fingerprint density at radius 3 is 2.57 bits per heavy atom. The van der Waals surface area contributed by atoms with E-state index in [4.69, 9.17) is 14.2 Å². The molecule has 0 saturated carbocycles. The van der Waals surface area contributed by atoms with Gasteiger partial charge >= 0.3 is 0 Å². The van der Waals surface area contributed by atoms with Gasteiger partial charge < -0.3 is 19.5 Å². The van der Waals surface area contributed by atoms with Gasteiger partial charge in [-0.3, -0.25) is 9.69 Å². The van der Waals surface area contributed by atoms with Gasteiger partial charge in [-0.2, -0.15) is 0 Å². The van der Waals surface area contributed by atoms with Gasteiger partial charge in [0.25, 0.3) is 5.91 Å². The Labute approximate surface area is 163 Å². The second-order valence-corrected chi connectivity index (χ2v) is 6.83. The minimum absolute atomic E-state index is 0.0646. The molecular weight excluding hydrogens is 363 g/mol. The third-order valence-corrected chi connectivity index (χ3v) is 5.01. The van der Waals surface area contributed by atoms with Crippen LogP contribution in [0.25, 0.3) is 0 Å². The number of carbonyl (C=O) groups is 1. The molecular formula is C21H23FN2O4. The number of hydrogen-bond acceptors (Lipinski definition) is 5. The summed E-state index contributed by atoms with van der Waals surface area (Å²) in [6, 6.07) is 13.6. The van der Waals surface area contributed by atoms with E-state index in [-0.39, 0.29) is 24.4 Å². The first-order valence-electron chi connectivity index (χ1n) is 9.44. The van der Waals surface area contributed by atoms with Crippen LogP contribution in [0.1, 0.15) is 11.6 Å². The lowest BCUT2D eigenvalue weighted by Gasteiger charge is -2.35. The summed E-state index contributed by atoms with van der Waals surface area (Å²) in [6.07, 6.45) is -0.701. The van der Waals surface area contributed by atoms with Gasteiger partial charge in [0, 0.05) is 19.6 Å². The number of para-hydroxylation sites is 2. The molecule has 0 spiro atoms. The van der Waals surface area contributed by atoms with E-state index >= 15 is 0 Å². The zero-order valence-corrected chi connectivity index (χ0v) is 15.5. The normalized spacial score (nSPS) is 20.4.